The molecule has 1 aromatic carbocycles. The molecule has 1 N–H and O–H groups in total. The van der Waals surface area contributed by atoms with Crippen molar-refractivity contribution in [1.29, 1.82) is 0 Å². The van der Waals surface area contributed by atoms with E-state index in [-0.39, 0.29) is 17.7 Å². The number of ketones is 1. The maximum Gasteiger partial charge on any atom is 0.337 e. The molecule has 0 spiro atoms. The van der Waals surface area contributed by atoms with Gasteiger partial charge in [0, 0.05) is 29.3 Å². The maximum absolute atomic E-state index is 13.9. The molecule has 1 aliphatic heterocycles. The van der Waals surface area contributed by atoms with Crippen LogP contribution >= 0.6 is 0 Å². The highest BCUT2D eigenvalue weighted by Gasteiger charge is 2.39. The van der Waals surface area contributed by atoms with E-state index in [1.807, 2.05) is 6.92 Å². The zero-order chi connectivity index (χ0) is 19.0. The maximum atomic E-state index is 13.9. The Balaban J connectivity index is 1.77. The number of halogens is 1. The minimum atomic E-state index is -0.571. The Kier molecular flexibility index (Phi) is 4.85. The predicted molar refractivity (Wildman–Crippen MR) is 99.2 cm³/mol. The fraction of sp³-hybridized carbons (Fsp3) is 0.455. The summed E-state index contributed by atoms with van der Waals surface area (Å²) in [5.74, 6) is -1.32. The van der Waals surface area contributed by atoms with Gasteiger partial charge >= 0.3 is 5.97 Å². The average Bonchev–Trinajstić information content (AvgIpc) is 3.13. The fourth-order valence-corrected chi connectivity index (χ4v) is 4.49. The first-order valence-corrected chi connectivity index (χ1v) is 9.75. The number of Topliss-reactive ketones (excluding diaryl/α,β-unsaturated/α-hetero) is 1. The molecule has 1 aromatic rings. The molecule has 3 aliphatic rings. The molecular formula is C22H24FNO3. The van der Waals surface area contributed by atoms with Gasteiger partial charge in [0.1, 0.15) is 11.9 Å². The SMILES string of the molecule is CC1=C(C(=O)OC2CCCC2)[C@@H](c2cccc(F)c2)C2=C(CCCC2=O)N1. The average molecular weight is 369 g/mol. The van der Waals surface area contributed by atoms with Crippen molar-refractivity contribution in [2.75, 3.05) is 0 Å². The van der Waals surface area contributed by atoms with Crippen molar-refractivity contribution in [3.63, 3.8) is 0 Å². The van der Waals surface area contributed by atoms with Gasteiger partial charge in [-0.25, -0.2) is 9.18 Å². The van der Waals surface area contributed by atoms with Crippen LogP contribution in [-0.4, -0.2) is 17.9 Å². The molecule has 27 heavy (non-hydrogen) atoms. The number of nitrogens with one attached hydrogen (secondary N) is 1. The van der Waals surface area contributed by atoms with Gasteiger partial charge in [0.05, 0.1) is 5.57 Å². The standard InChI is InChI=1S/C22H24FNO3/c1-13-19(22(26)27-16-8-2-3-9-16)20(14-6-4-7-15(23)12-14)21-17(24-13)10-5-11-18(21)25/h4,6-7,12,16,20,24H,2-3,5,8-11H2,1H3/t20-/m1/s1. The summed E-state index contributed by atoms with van der Waals surface area (Å²) in [6.07, 6.45) is 5.82. The number of hydrogen-bond donors (Lipinski definition) is 1. The lowest BCUT2D eigenvalue weighted by Crippen LogP contribution is -2.35. The van der Waals surface area contributed by atoms with Crippen molar-refractivity contribution in [1.82, 2.24) is 5.32 Å². The lowest BCUT2D eigenvalue weighted by atomic mass is 9.75. The molecule has 5 heteroatoms. The van der Waals surface area contributed by atoms with Gasteiger partial charge in [0.15, 0.2) is 5.78 Å². The van der Waals surface area contributed by atoms with Crippen LogP contribution in [0.2, 0.25) is 0 Å². The zero-order valence-corrected chi connectivity index (χ0v) is 15.5. The van der Waals surface area contributed by atoms with Crippen LogP contribution in [-0.2, 0) is 14.3 Å². The molecule has 1 fully saturated rings. The molecule has 4 rings (SSSR count). The third kappa shape index (κ3) is 3.43. The molecule has 0 aromatic heterocycles. The second-order valence-corrected chi connectivity index (χ2v) is 7.63. The van der Waals surface area contributed by atoms with E-state index in [0.717, 1.165) is 44.2 Å². The Bertz CT molecular complexity index is 849. The van der Waals surface area contributed by atoms with Gasteiger partial charge in [-0.15, -0.1) is 0 Å². The number of esters is 1. The Morgan fingerprint density at radius 1 is 1.19 bits per heavy atom. The molecule has 0 radical (unpaired) electrons. The number of carbonyl (C=O) groups excluding carboxylic acids is 2. The van der Waals surface area contributed by atoms with E-state index in [1.165, 1.54) is 12.1 Å². The Hall–Kier alpha value is -2.43. The highest BCUT2D eigenvalue weighted by molar-refractivity contribution is 6.03. The van der Waals surface area contributed by atoms with Gasteiger partial charge in [-0.05, 0) is 63.1 Å². The van der Waals surface area contributed by atoms with Gasteiger partial charge in [-0.2, -0.15) is 0 Å². The summed E-state index contributed by atoms with van der Waals surface area (Å²) in [5, 5.41) is 3.26. The van der Waals surface area contributed by atoms with E-state index in [0.29, 0.717) is 28.8 Å². The number of rotatable bonds is 3. The fourth-order valence-electron chi connectivity index (χ4n) is 4.49. The van der Waals surface area contributed by atoms with Crippen LogP contribution in [0.3, 0.4) is 0 Å². The van der Waals surface area contributed by atoms with E-state index < -0.39 is 11.9 Å². The third-order valence-electron chi connectivity index (χ3n) is 5.75. The second kappa shape index (κ2) is 7.29. The normalized spacial score (nSPS) is 23.3. The molecular weight excluding hydrogens is 345 g/mol. The van der Waals surface area contributed by atoms with Crippen LogP contribution in [0, 0.1) is 5.82 Å². The molecule has 0 saturated heterocycles. The van der Waals surface area contributed by atoms with Crippen molar-refractivity contribution >= 4 is 11.8 Å². The topological polar surface area (TPSA) is 55.4 Å². The number of allylic oxidation sites excluding steroid dienone is 3. The summed E-state index contributed by atoms with van der Waals surface area (Å²) in [7, 11) is 0. The van der Waals surface area contributed by atoms with Crippen LogP contribution < -0.4 is 5.32 Å². The zero-order valence-electron chi connectivity index (χ0n) is 15.5. The molecule has 4 nitrogen and oxygen atoms in total. The van der Waals surface area contributed by atoms with E-state index in [4.69, 9.17) is 4.74 Å². The highest BCUT2D eigenvalue weighted by Crippen LogP contribution is 2.43. The Morgan fingerprint density at radius 3 is 2.70 bits per heavy atom. The Morgan fingerprint density at radius 2 is 1.96 bits per heavy atom. The van der Waals surface area contributed by atoms with Crippen LogP contribution in [0.1, 0.15) is 63.4 Å². The number of ether oxygens (including phenoxy) is 1. The first-order chi connectivity index (χ1) is 13.0. The Labute approximate surface area is 158 Å². The van der Waals surface area contributed by atoms with Crippen molar-refractivity contribution in [2.24, 2.45) is 0 Å². The van der Waals surface area contributed by atoms with E-state index in [1.54, 1.807) is 12.1 Å². The molecule has 0 bridgehead atoms. The largest absolute Gasteiger partial charge is 0.459 e. The molecule has 1 atom stereocenters. The van der Waals surface area contributed by atoms with Gasteiger partial charge in [0.25, 0.3) is 0 Å². The molecule has 142 valence electrons. The molecule has 1 heterocycles. The summed E-state index contributed by atoms with van der Waals surface area (Å²) in [4.78, 5) is 25.8. The highest BCUT2D eigenvalue weighted by atomic mass is 19.1. The number of carbonyl (C=O) groups is 2. The monoisotopic (exact) mass is 369 g/mol. The van der Waals surface area contributed by atoms with Gasteiger partial charge in [-0.1, -0.05) is 12.1 Å². The minimum Gasteiger partial charge on any atom is -0.459 e. The van der Waals surface area contributed by atoms with E-state index in [9.17, 15) is 14.0 Å². The molecule has 0 amide bonds. The number of dihydropyridines is 1. The second-order valence-electron chi connectivity index (χ2n) is 7.63. The first-order valence-electron chi connectivity index (χ1n) is 9.75. The summed E-state index contributed by atoms with van der Waals surface area (Å²) < 4.78 is 19.7. The quantitative estimate of drug-likeness (QED) is 0.808. The van der Waals surface area contributed by atoms with Crippen molar-refractivity contribution in [3.05, 3.63) is 58.2 Å². The summed E-state index contributed by atoms with van der Waals surface area (Å²) in [6.45, 7) is 1.83. The molecule has 1 saturated carbocycles. The number of hydrogen-bond acceptors (Lipinski definition) is 4. The minimum absolute atomic E-state index is 0.0247. The molecule has 0 unspecified atom stereocenters. The lowest BCUT2D eigenvalue weighted by Gasteiger charge is -2.34. The molecule has 2 aliphatic carbocycles. The predicted octanol–water partition coefficient (Wildman–Crippen LogP) is 4.28. The third-order valence-corrected chi connectivity index (χ3v) is 5.75. The van der Waals surface area contributed by atoms with Gasteiger partial charge in [0.2, 0.25) is 0 Å². The van der Waals surface area contributed by atoms with E-state index >= 15 is 0 Å². The summed E-state index contributed by atoms with van der Waals surface area (Å²) in [5.41, 5.74) is 3.20. The van der Waals surface area contributed by atoms with E-state index in [2.05, 4.69) is 5.32 Å². The van der Waals surface area contributed by atoms with Crippen molar-refractivity contribution < 1.29 is 18.7 Å². The smallest absolute Gasteiger partial charge is 0.337 e. The van der Waals surface area contributed by atoms with Gasteiger partial charge in [-0.3, -0.25) is 4.79 Å². The summed E-state index contributed by atoms with van der Waals surface area (Å²) in [6, 6.07) is 6.19. The van der Waals surface area contributed by atoms with Crippen molar-refractivity contribution in [3.8, 4) is 0 Å². The van der Waals surface area contributed by atoms with Crippen LogP contribution in [0.15, 0.2) is 46.8 Å². The lowest BCUT2D eigenvalue weighted by molar-refractivity contribution is -0.144. The summed E-state index contributed by atoms with van der Waals surface area (Å²) >= 11 is 0. The van der Waals surface area contributed by atoms with Gasteiger partial charge < -0.3 is 10.1 Å². The number of benzene rings is 1. The van der Waals surface area contributed by atoms with Crippen LogP contribution in [0.25, 0.3) is 0 Å². The van der Waals surface area contributed by atoms with Crippen LogP contribution in [0.4, 0.5) is 4.39 Å². The first kappa shape index (κ1) is 18.0. The van der Waals surface area contributed by atoms with Crippen molar-refractivity contribution in [2.45, 2.75) is 63.9 Å². The van der Waals surface area contributed by atoms with Crippen LogP contribution in [0.5, 0.6) is 0 Å².